The van der Waals surface area contributed by atoms with Crippen molar-refractivity contribution in [3.8, 4) is 22.9 Å². The zero-order valence-electron chi connectivity index (χ0n) is 22.6. The van der Waals surface area contributed by atoms with Gasteiger partial charge in [-0.2, -0.15) is 0 Å². The second kappa shape index (κ2) is 10.5. The molecule has 1 unspecified atom stereocenters. The Morgan fingerprint density at radius 2 is 1.90 bits per heavy atom. The average molecular weight is 552 g/mol. The monoisotopic (exact) mass is 551 g/mol. The predicted molar refractivity (Wildman–Crippen MR) is 147 cm³/mol. The highest BCUT2D eigenvalue weighted by Gasteiger charge is 2.43. The minimum absolute atomic E-state index is 0.140. The van der Waals surface area contributed by atoms with Gasteiger partial charge in [0.25, 0.3) is 0 Å². The summed E-state index contributed by atoms with van der Waals surface area (Å²) in [5, 5.41) is 4.33. The van der Waals surface area contributed by atoms with Crippen molar-refractivity contribution >= 4 is 22.8 Å². The van der Waals surface area contributed by atoms with Gasteiger partial charge in [-0.05, 0) is 56.4 Å². The van der Waals surface area contributed by atoms with Crippen molar-refractivity contribution in [2.75, 3.05) is 7.11 Å². The summed E-state index contributed by atoms with van der Waals surface area (Å²) in [6.07, 6.45) is 12.7. The largest absolute Gasteiger partial charge is 0.439 e. The molecular formula is C28H34ClN7O3. The lowest BCUT2D eigenvalue weighted by Crippen LogP contribution is -2.36. The second-order valence-electron chi connectivity index (χ2n) is 11.4. The molecule has 2 saturated carbocycles. The number of aromatic amines is 1. The number of nitrogens with one attached hydrogen (secondary N) is 1. The first-order valence-corrected chi connectivity index (χ1v) is 14.2. The molecule has 0 aliphatic heterocycles. The summed E-state index contributed by atoms with van der Waals surface area (Å²) in [5.74, 6) is 2.16. The van der Waals surface area contributed by atoms with E-state index in [0.717, 1.165) is 42.2 Å². The number of hydrogen-bond donors (Lipinski definition) is 1. The fourth-order valence-corrected chi connectivity index (χ4v) is 6.63. The molecule has 4 aromatic heterocycles. The fraction of sp³-hybridized carbons (Fsp3) is 0.571. The number of halogens is 1. The van der Waals surface area contributed by atoms with Gasteiger partial charge in [-0.3, -0.25) is 14.5 Å². The highest BCUT2D eigenvalue weighted by molar-refractivity contribution is 6.30. The summed E-state index contributed by atoms with van der Waals surface area (Å²) < 4.78 is 13.4. The Morgan fingerprint density at radius 1 is 1.13 bits per heavy atom. The van der Waals surface area contributed by atoms with Gasteiger partial charge in [0.1, 0.15) is 22.6 Å². The zero-order valence-corrected chi connectivity index (χ0v) is 23.4. The molecular weight excluding hydrogens is 518 g/mol. The van der Waals surface area contributed by atoms with E-state index >= 15 is 0 Å². The quantitative estimate of drug-likeness (QED) is 0.307. The van der Waals surface area contributed by atoms with Crippen LogP contribution in [0.15, 0.2) is 27.8 Å². The molecule has 1 N–H and O–H groups in total. The number of nitrogens with zero attached hydrogens (tertiary/aromatic N) is 6. The van der Waals surface area contributed by atoms with Crippen LogP contribution in [0.1, 0.15) is 71.0 Å². The van der Waals surface area contributed by atoms with Crippen molar-refractivity contribution in [3.63, 3.8) is 0 Å². The minimum atomic E-state index is -0.675. The van der Waals surface area contributed by atoms with Crippen molar-refractivity contribution in [2.24, 2.45) is 17.8 Å². The number of aromatic nitrogens is 7. The van der Waals surface area contributed by atoms with Crippen molar-refractivity contribution in [1.29, 1.82) is 0 Å². The maximum Gasteiger partial charge on any atom is 0.439 e. The van der Waals surface area contributed by atoms with Gasteiger partial charge < -0.3 is 9.30 Å². The van der Waals surface area contributed by atoms with Gasteiger partial charge in [0.2, 0.25) is 11.6 Å². The average Bonchev–Trinajstić information content (AvgIpc) is 3.70. The number of rotatable bonds is 7. The molecule has 0 bridgehead atoms. The van der Waals surface area contributed by atoms with Crippen LogP contribution in [0.5, 0.6) is 0 Å². The summed E-state index contributed by atoms with van der Waals surface area (Å²) in [6, 6.07) is 1.83. The Balaban J connectivity index is 1.61. The van der Waals surface area contributed by atoms with E-state index in [-0.39, 0.29) is 11.6 Å². The van der Waals surface area contributed by atoms with Crippen LogP contribution in [0, 0.1) is 17.8 Å². The first-order chi connectivity index (χ1) is 18.9. The van der Waals surface area contributed by atoms with Crippen LogP contribution in [0.3, 0.4) is 0 Å². The van der Waals surface area contributed by atoms with Crippen LogP contribution >= 0.6 is 11.6 Å². The molecule has 0 saturated heterocycles. The predicted octanol–water partition coefficient (Wildman–Crippen LogP) is 5.76. The number of ether oxygens (including phenoxy) is 1. The third kappa shape index (κ3) is 4.89. The molecule has 0 amide bonds. The zero-order chi connectivity index (χ0) is 27.1. The minimum Gasteiger partial charge on any atom is -0.370 e. The van der Waals surface area contributed by atoms with E-state index in [0.29, 0.717) is 28.2 Å². The first kappa shape index (κ1) is 26.1. The summed E-state index contributed by atoms with van der Waals surface area (Å²) in [4.78, 5) is 33.5. The van der Waals surface area contributed by atoms with E-state index in [1.807, 2.05) is 6.07 Å². The molecule has 2 aliphatic rings. The van der Waals surface area contributed by atoms with E-state index in [1.165, 1.54) is 38.5 Å². The lowest BCUT2D eigenvalue weighted by atomic mass is 9.82. The number of pyridine rings is 1. The summed E-state index contributed by atoms with van der Waals surface area (Å²) in [6.45, 7) is 5.30. The van der Waals surface area contributed by atoms with Gasteiger partial charge in [0.15, 0.2) is 5.65 Å². The molecule has 10 nitrogen and oxygen atoms in total. The van der Waals surface area contributed by atoms with Crippen LogP contribution < -0.4 is 5.76 Å². The number of imidazole rings is 1. The van der Waals surface area contributed by atoms with Crippen molar-refractivity contribution in [3.05, 3.63) is 39.9 Å². The highest BCUT2D eigenvalue weighted by atomic mass is 35.5. The number of methoxy groups -OCH3 is 1. The van der Waals surface area contributed by atoms with Crippen LogP contribution in [-0.2, 0) is 16.9 Å². The Hall–Kier alpha value is -3.11. The molecule has 4 aromatic rings. The van der Waals surface area contributed by atoms with Gasteiger partial charge in [0.05, 0.1) is 5.02 Å². The standard InChI is InChI=1S/C28H34ClN7O3/c1-16-8-10-17(11-9-16)15-36-22-21(18-12-20(29)14-30-13-18)31-24(25-34-27(37)39-35-25)32-23(22)33-26(36)28(2,38-3)19-6-4-5-7-19/h12-14,16-17,19H,4-11,15H2,1-3H3,(H,34,35,37)/t16-,17-,28?. The molecule has 6 rings (SSSR count). The number of H-pyrrole nitrogens is 1. The first-order valence-electron chi connectivity index (χ1n) is 13.9. The van der Waals surface area contributed by atoms with Gasteiger partial charge in [-0.25, -0.2) is 19.7 Å². The normalized spacial score (nSPS) is 21.9. The lowest BCUT2D eigenvalue weighted by molar-refractivity contribution is -0.0567. The Labute approximate surface area is 231 Å². The Bertz CT molecular complexity index is 1530. The molecule has 206 valence electrons. The van der Waals surface area contributed by atoms with E-state index in [4.69, 9.17) is 35.8 Å². The molecule has 39 heavy (non-hydrogen) atoms. The number of fused-ring (bicyclic) bond motifs is 1. The Morgan fingerprint density at radius 3 is 2.56 bits per heavy atom. The lowest BCUT2D eigenvalue weighted by Gasteiger charge is -2.35. The third-order valence-electron chi connectivity index (χ3n) is 8.81. The molecule has 4 heterocycles. The van der Waals surface area contributed by atoms with Gasteiger partial charge >= 0.3 is 5.76 Å². The SMILES string of the molecule is COC(C)(c1nc2nc(-c3noc(=O)[nH]3)nc(-c3cncc(Cl)c3)c2n1C[C@H]1CC[C@H](C)CC1)C1CCCC1. The second-order valence-corrected chi connectivity index (χ2v) is 11.8. The van der Waals surface area contributed by atoms with Crippen molar-refractivity contribution < 1.29 is 9.26 Å². The van der Waals surface area contributed by atoms with E-state index in [1.54, 1.807) is 19.5 Å². The van der Waals surface area contributed by atoms with Crippen molar-refractivity contribution in [2.45, 2.75) is 77.4 Å². The molecule has 0 radical (unpaired) electrons. The van der Waals surface area contributed by atoms with Gasteiger partial charge in [0, 0.05) is 31.6 Å². The van der Waals surface area contributed by atoms with E-state index in [2.05, 4.69) is 33.5 Å². The maximum atomic E-state index is 11.7. The molecule has 0 spiro atoms. The third-order valence-corrected chi connectivity index (χ3v) is 9.02. The van der Waals surface area contributed by atoms with Crippen molar-refractivity contribution in [1.82, 2.24) is 34.6 Å². The van der Waals surface area contributed by atoms with Crippen LogP contribution in [0.25, 0.3) is 34.1 Å². The maximum absolute atomic E-state index is 11.7. The molecule has 0 aromatic carbocycles. The number of hydrogen-bond acceptors (Lipinski definition) is 8. The topological polar surface area (TPSA) is 125 Å². The van der Waals surface area contributed by atoms with E-state index < -0.39 is 11.4 Å². The molecule has 2 aliphatic carbocycles. The fourth-order valence-electron chi connectivity index (χ4n) is 6.45. The smallest absolute Gasteiger partial charge is 0.370 e. The summed E-state index contributed by atoms with van der Waals surface area (Å²) >= 11 is 6.38. The molecule has 11 heteroatoms. The van der Waals surface area contributed by atoms with Crippen LogP contribution in [-0.4, -0.2) is 41.8 Å². The van der Waals surface area contributed by atoms with Gasteiger partial charge in [-0.1, -0.05) is 49.4 Å². The molecule has 1 atom stereocenters. The summed E-state index contributed by atoms with van der Waals surface area (Å²) in [7, 11) is 1.78. The van der Waals surface area contributed by atoms with Gasteiger partial charge in [-0.15, -0.1) is 0 Å². The highest BCUT2D eigenvalue weighted by Crippen LogP contribution is 2.44. The van der Waals surface area contributed by atoms with Crippen LogP contribution in [0.4, 0.5) is 0 Å². The Kier molecular flexibility index (Phi) is 7.01. The summed E-state index contributed by atoms with van der Waals surface area (Å²) in [5.41, 5.74) is 2.09. The van der Waals surface area contributed by atoms with E-state index in [9.17, 15) is 4.79 Å². The molecule has 2 fully saturated rings. The van der Waals surface area contributed by atoms with Crippen LogP contribution in [0.2, 0.25) is 5.02 Å².